The molecule has 9 heteroatoms. The largest absolute Gasteiger partial charge is 0.382 e. The predicted octanol–water partition coefficient (Wildman–Crippen LogP) is 2.60. The van der Waals surface area contributed by atoms with Gasteiger partial charge in [-0.1, -0.05) is 18.2 Å². The molecule has 2 aromatic carbocycles. The Labute approximate surface area is 166 Å². The van der Waals surface area contributed by atoms with E-state index in [9.17, 15) is 20.2 Å². The molecule has 0 bridgehead atoms. The number of benzene rings is 2. The highest BCUT2D eigenvalue weighted by Gasteiger charge is 2.16. The topological polar surface area (TPSA) is 140 Å². The lowest BCUT2D eigenvalue weighted by atomic mass is 10.1. The molecule has 0 spiro atoms. The second kappa shape index (κ2) is 8.67. The molecule has 0 radical (unpaired) electrons. The zero-order valence-corrected chi connectivity index (χ0v) is 15.4. The number of aryl methyl sites for hydroxylation is 1. The van der Waals surface area contributed by atoms with Gasteiger partial charge in [0.25, 0.3) is 11.6 Å². The summed E-state index contributed by atoms with van der Waals surface area (Å²) in [5.41, 5.74) is 8.00. The van der Waals surface area contributed by atoms with E-state index in [1.807, 2.05) is 30.3 Å². The molecule has 3 rings (SSSR count). The molecule has 0 saturated carbocycles. The fourth-order valence-electron chi connectivity index (χ4n) is 2.84. The lowest BCUT2D eigenvalue weighted by Crippen LogP contribution is -2.24. The first-order valence-electron chi connectivity index (χ1n) is 8.87. The summed E-state index contributed by atoms with van der Waals surface area (Å²) in [5, 5.41) is 27.3. The molecule has 3 N–H and O–H groups in total. The van der Waals surface area contributed by atoms with Gasteiger partial charge in [0.2, 0.25) is 0 Å². The van der Waals surface area contributed by atoms with Crippen molar-refractivity contribution in [1.29, 1.82) is 5.26 Å². The fraction of sp³-hybridized carbons (Fsp3) is 0.150. The number of hydrogen-bond acceptors (Lipinski definition) is 6. The van der Waals surface area contributed by atoms with Crippen molar-refractivity contribution in [3.63, 3.8) is 0 Å². The van der Waals surface area contributed by atoms with E-state index in [2.05, 4.69) is 16.5 Å². The fourth-order valence-corrected chi connectivity index (χ4v) is 2.84. The molecule has 1 aromatic heterocycles. The second-order valence-electron chi connectivity index (χ2n) is 6.23. The molecular weight excluding hydrogens is 372 g/mol. The minimum absolute atomic E-state index is 0.0721. The van der Waals surface area contributed by atoms with Gasteiger partial charge in [-0.3, -0.25) is 14.9 Å². The number of amides is 1. The molecule has 0 atom stereocenters. The molecule has 0 aliphatic rings. The van der Waals surface area contributed by atoms with Crippen molar-refractivity contribution in [3.05, 3.63) is 81.5 Å². The Morgan fingerprint density at radius 1 is 1.21 bits per heavy atom. The van der Waals surface area contributed by atoms with Crippen molar-refractivity contribution < 1.29 is 9.72 Å². The molecule has 146 valence electrons. The molecular formula is C20H18N6O3. The third-order valence-electron chi connectivity index (χ3n) is 4.32. The first kappa shape index (κ1) is 19.6. The predicted molar refractivity (Wildman–Crippen MR) is 106 cm³/mol. The Kier molecular flexibility index (Phi) is 5.85. The number of nitrogen functional groups attached to an aromatic ring is 1. The van der Waals surface area contributed by atoms with Gasteiger partial charge in [0, 0.05) is 24.2 Å². The normalized spacial score (nSPS) is 10.3. The summed E-state index contributed by atoms with van der Waals surface area (Å²) in [6.07, 6.45) is 1.02. The van der Waals surface area contributed by atoms with Crippen LogP contribution in [0.25, 0.3) is 5.69 Å². The standard InChI is InChI=1S/C20H18N6O3/c21-13-17-18(24-25(19(17)22)15-5-2-1-3-6-15)7-4-12-23-20(27)14-8-10-16(11-9-14)26(28)29/h1-3,5-6,8-11H,4,7,12,22H2,(H,23,27). The molecule has 0 saturated heterocycles. The van der Waals surface area contributed by atoms with Crippen molar-refractivity contribution in [3.8, 4) is 11.8 Å². The number of non-ortho nitro benzene ring substituents is 1. The number of rotatable bonds is 7. The van der Waals surface area contributed by atoms with Gasteiger partial charge in [0.1, 0.15) is 17.5 Å². The Morgan fingerprint density at radius 2 is 1.90 bits per heavy atom. The van der Waals surface area contributed by atoms with Crippen LogP contribution in [0.5, 0.6) is 0 Å². The Morgan fingerprint density at radius 3 is 2.52 bits per heavy atom. The highest BCUT2D eigenvalue weighted by atomic mass is 16.6. The number of nitro benzene ring substituents is 1. The number of carbonyl (C=O) groups excluding carboxylic acids is 1. The number of anilines is 1. The Hall–Kier alpha value is -4.19. The number of nitrogens with two attached hydrogens (primary N) is 1. The van der Waals surface area contributed by atoms with E-state index < -0.39 is 4.92 Å². The minimum Gasteiger partial charge on any atom is -0.382 e. The highest BCUT2D eigenvalue weighted by Crippen LogP contribution is 2.21. The van der Waals surface area contributed by atoms with Crippen molar-refractivity contribution in [1.82, 2.24) is 15.1 Å². The van der Waals surface area contributed by atoms with Gasteiger partial charge in [0.15, 0.2) is 0 Å². The van der Waals surface area contributed by atoms with Gasteiger partial charge in [-0.05, 0) is 37.1 Å². The molecule has 1 amide bonds. The average molecular weight is 390 g/mol. The number of nitrogens with one attached hydrogen (secondary N) is 1. The van der Waals surface area contributed by atoms with Gasteiger partial charge < -0.3 is 11.1 Å². The summed E-state index contributed by atoms with van der Waals surface area (Å²) in [4.78, 5) is 22.3. The third-order valence-corrected chi connectivity index (χ3v) is 4.32. The van der Waals surface area contributed by atoms with Crippen molar-refractivity contribution >= 4 is 17.4 Å². The van der Waals surface area contributed by atoms with Gasteiger partial charge in [-0.25, -0.2) is 4.68 Å². The number of carbonyl (C=O) groups is 1. The molecule has 29 heavy (non-hydrogen) atoms. The Bertz CT molecular complexity index is 1070. The summed E-state index contributed by atoms with van der Waals surface area (Å²) >= 11 is 0. The summed E-state index contributed by atoms with van der Waals surface area (Å²) in [6, 6.07) is 16.8. The highest BCUT2D eigenvalue weighted by molar-refractivity contribution is 5.94. The van der Waals surface area contributed by atoms with Crippen LogP contribution in [0, 0.1) is 21.4 Å². The summed E-state index contributed by atoms with van der Waals surface area (Å²) in [6.45, 7) is 0.360. The second-order valence-corrected chi connectivity index (χ2v) is 6.23. The zero-order valence-electron chi connectivity index (χ0n) is 15.4. The Balaban J connectivity index is 1.60. The van der Waals surface area contributed by atoms with Crippen LogP contribution in [0.4, 0.5) is 11.5 Å². The number of nitrogens with zero attached hydrogens (tertiary/aromatic N) is 4. The van der Waals surface area contributed by atoms with Gasteiger partial charge in [-0.2, -0.15) is 10.4 Å². The summed E-state index contributed by atoms with van der Waals surface area (Å²) in [5.74, 6) is -0.0432. The van der Waals surface area contributed by atoms with Crippen molar-refractivity contribution in [2.75, 3.05) is 12.3 Å². The van der Waals surface area contributed by atoms with Crippen LogP contribution in [0.15, 0.2) is 54.6 Å². The van der Waals surface area contributed by atoms with Crippen LogP contribution in [-0.2, 0) is 6.42 Å². The van der Waals surface area contributed by atoms with E-state index in [1.54, 1.807) is 0 Å². The smallest absolute Gasteiger partial charge is 0.269 e. The quantitative estimate of drug-likeness (QED) is 0.361. The number of hydrogen-bond donors (Lipinski definition) is 2. The maximum atomic E-state index is 12.1. The number of nitro groups is 1. The van der Waals surface area contributed by atoms with E-state index in [1.165, 1.54) is 28.9 Å². The monoisotopic (exact) mass is 390 g/mol. The van der Waals surface area contributed by atoms with Crippen LogP contribution in [-0.4, -0.2) is 27.2 Å². The van der Waals surface area contributed by atoms with Crippen LogP contribution < -0.4 is 11.1 Å². The SMILES string of the molecule is N#Cc1c(CCCNC(=O)c2ccc([N+](=O)[O-])cc2)nn(-c2ccccc2)c1N. The summed E-state index contributed by atoms with van der Waals surface area (Å²) < 4.78 is 1.53. The van der Waals surface area contributed by atoms with E-state index in [0.29, 0.717) is 36.2 Å². The van der Waals surface area contributed by atoms with E-state index in [0.717, 1.165) is 5.69 Å². The zero-order chi connectivity index (χ0) is 20.8. The average Bonchev–Trinajstić information content (AvgIpc) is 3.07. The minimum atomic E-state index is -0.519. The maximum absolute atomic E-state index is 12.1. The van der Waals surface area contributed by atoms with Crippen molar-refractivity contribution in [2.45, 2.75) is 12.8 Å². The maximum Gasteiger partial charge on any atom is 0.269 e. The van der Waals surface area contributed by atoms with E-state index in [-0.39, 0.29) is 17.4 Å². The first-order valence-corrected chi connectivity index (χ1v) is 8.87. The van der Waals surface area contributed by atoms with Crippen LogP contribution in [0.2, 0.25) is 0 Å². The lowest BCUT2D eigenvalue weighted by molar-refractivity contribution is -0.384. The number of aromatic nitrogens is 2. The molecule has 0 aliphatic heterocycles. The molecule has 0 fully saturated rings. The number of para-hydroxylation sites is 1. The van der Waals surface area contributed by atoms with Gasteiger partial charge in [-0.15, -0.1) is 0 Å². The van der Waals surface area contributed by atoms with E-state index >= 15 is 0 Å². The summed E-state index contributed by atoms with van der Waals surface area (Å²) in [7, 11) is 0. The molecule has 9 nitrogen and oxygen atoms in total. The van der Waals surface area contributed by atoms with Gasteiger partial charge in [0.05, 0.1) is 16.3 Å². The first-order chi connectivity index (χ1) is 14.0. The molecule has 1 heterocycles. The van der Waals surface area contributed by atoms with Crippen LogP contribution >= 0.6 is 0 Å². The lowest BCUT2D eigenvalue weighted by Gasteiger charge is -2.04. The molecule has 3 aromatic rings. The van der Waals surface area contributed by atoms with Gasteiger partial charge >= 0.3 is 0 Å². The molecule has 0 aliphatic carbocycles. The van der Waals surface area contributed by atoms with E-state index in [4.69, 9.17) is 5.73 Å². The van der Waals surface area contributed by atoms with Crippen molar-refractivity contribution in [2.24, 2.45) is 0 Å². The number of nitriles is 1. The third kappa shape index (κ3) is 4.39. The van der Waals surface area contributed by atoms with Crippen LogP contribution in [0.1, 0.15) is 28.0 Å². The molecule has 0 unspecified atom stereocenters. The van der Waals surface area contributed by atoms with Crippen LogP contribution in [0.3, 0.4) is 0 Å².